The number of hydrogen-bond acceptors (Lipinski definition) is 4. The van der Waals surface area contributed by atoms with Gasteiger partial charge in [0.2, 0.25) is 0 Å². The number of benzene rings is 2. The molecule has 0 spiro atoms. The standard InChI is InChI=1S/C24H23FN2O4/c1-16-5-4-6-20(24(29)27-13-2-3-14-27)22(16)26-23(28)21-12-11-19(31-21)15-30-18-9-7-17(25)8-10-18/h4-12H,2-3,13-15H2,1H3,(H,26,28). The highest BCUT2D eigenvalue weighted by Crippen LogP contribution is 2.25. The summed E-state index contributed by atoms with van der Waals surface area (Å²) in [6.45, 7) is 3.41. The normalized spacial score (nSPS) is 13.3. The van der Waals surface area contributed by atoms with Gasteiger partial charge < -0.3 is 19.4 Å². The minimum absolute atomic E-state index is 0.0793. The largest absolute Gasteiger partial charge is 0.486 e. The molecular formula is C24H23FN2O4. The minimum atomic E-state index is -0.446. The van der Waals surface area contributed by atoms with Crippen molar-refractivity contribution in [1.29, 1.82) is 0 Å². The first-order chi connectivity index (χ1) is 15.0. The van der Waals surface area contributed by atoms with Crippen molar-refractivity contribution in [3.05, 3.63) is 83.1 Å². The summed E-state index contributed by atoms with van der Waals surface area (Å²) in [6, 6.07) is 14.2. The van der Waals surface area contributed by atoms with E-state index in [4.69, 9.17) is 9.15 Å². The second-order valence-corrected chi connectivity index (χ2v) is 7.46. The van der Waals surface area contributed by atoms with Crippen LogP contribution in [-0.2, 0) is 6.61 Å². The van der Waals surface area contributed by atoms with E-state index >= 15 is 0 Å². The highest BCUT2D eigenvalue weighted by molar-refractivity contribution is 6.08. The Morgan fingerprint density at radius 3 is 2.55 bits per heavy atom. The molecule has 1 fully saturated rings. The highest BCUT2D eigenvalue weighted by Gasteiger charge is 2.24. The molecule has 31 heavy (non-hydrogen) atoms. The summed E-state index contributed by atoms with van der Waals surface area (Å²) in [6.07, 6.45) is 1.99. The maximum atomic E-state index is 13.0. The first-order valence-electron chi connectivity index (χ1n) is 10.2. The van der Waals surface area contributed by atoms with Crippen LogP contribution in [0.25, 0.3) is 0 Å². The molecule has 0 aliphatic carbocycles. The molecule has 7 heteroatoms. The molecule has 0 unspecified atom stereocenters. The number of halogens is 1. The predicted molar refractivity (Wildman–Crippen MR) is 114 cm³/mol. The summed E-state index contributed by atoms with van der Waals surface area (Å²) in [5.41, 5.74) is 1.76. The summed E-state index contributed by atoms with van der Waals surface area (Å²) >= 11 is 0. The molecule has 1 aliphatic rings. The molecule has 0 atom stereocenters. The lowest BCUT2D eigenvalue weighted by Crippen LogP contribution is -2.29. The van der Waals surface area contributed by atoms with Gasteiger partial charge in [0.25, 0.3) is 11.8 Å². The van der Waals surface area contributed by atoms with E-state index in [1.165, 1.54) is 24.3 Å². The molecule has 3 aromatic rings. The Labute approximate surface area is 179 Å². The molecule has 6 nitrogen and oxygen atoms in total. The van der Waals surface area contributed by atoms with Gasteiger partial charge in [0, 0.05) is 13.1 Å². The average Bonchev–Trinajstić information content (AvgIpc) is 3.47. The Bertz CT molecular complexity index is 1090. The monoisotopic (exact) mass is 422 g/mol. The highest BCUT2D eigenvalue weighted by atomic mass is 19.1. The van der Waals surface area contributed by atoms with Gasteiger partial charge in [-0.05, 0) is 67.8 Å². The molecular weight excluding hydrogens is 399 g/mol. The van der Waals surface area contributed by atoms with Gasteiger partial charge in [-0.25, -0.2) is 4.39 Å². The van der Waals surface area contributed by atoms with Crippen LogP contribution in [0.5, 0.6) is 5.75 Å². The molecule has 2 aromatic carbocycles. The van der Waals surface area contributed by atoms with E-state index in [0.29, 0.717) is 22.8 Å². The maximum Gasteiger partial charge on any atom is 0.291 e. The summed E-state index contributed by atoms with van der Waals surface area (Å²) < 4.78 is 24.1. The van der Waals surface area contributed by atoms with E-state index < -0.39 is 5.91 Å². The number of nitrogens with one attached hydrogen (secondary N) is 1. The van der Waals surface area contributed by atoms with Crippen molar-refractivity contribution in [1.82, 2.24) is 4.90 Å². The number of hydrogen-bond donors (Lipinski definition) is 1. The number of para-hydroxylation sites is 1. The van der Waals surface area contributed by atoms with Crippen LogP contribution in [0.4, 0.5) is 10.1 Å². The summed E-state index contributed by atoms with van der Waals surface area (Å²) in [5.74, 6) is 0.187. The summed E-state index contributed by atoms with van der Waals surface area (Å²) in [4.78, 5) is 27.5. The van der Waals surface area contributed by atoms with Crippen LogP contribution in [0.1, 0.15) is 45.1 Å². The van der Waals surface area contributed by atoms with Gasteiger partial charge in [0.1, 0.15) is 23.9 Å². The number of ether oxygens (including phenoxy) is 1. The number of aryl methyl sites for hydroxylation is 1. The zero-order valence-electron chi connectivity index (χ0n) is 17.2. The van der Waals surface area contributed by atoms with Crippen LogP contribution < -0.4 is 10.1 Å². The van der Waals surface area contributed by atoms with Crippen molar-refractivity contribution >= 4 is 17.5 Å². The van der Waals surface area contributed by atoms with Crippen molar-refractivity contribution < 1.29 is 23.1 Å². The first kappa shape index (κ1) is 20.7. The van der Waals surface area contributed by atoms with Crippen LogP contribution in [0, 0.1) is 12.7 Å². The number of carbonyl (C=O) groups excluding carboxylic acids is 2. The van der Waals surface area contributed by atoms with Gasteiger partial charge in [0.15, 0.2) is 5.76 Å². The number of likely N-dealkylation sites (tertiary alicyclic amines) is 1. The lowest BCUT2D eigenvalue weighted by atomic mass is 10.1. The molecule has 2 amide bonds. The molecule has 2 heterocycles. The second kappa shape index (κ2) is 9.04. The van der Waals surface area contributed by atoms with Gasteiger partial charge in [-0.2, -0.15) is 0 Å². The average molecular weight is 422 g/mol. The van der Waals surface area contributed by atoms with Crippen LogP contribution in [0.2, 0.25) is 0 Å². The lowest BCUT2D eigenvalue weighted by Gasteiger charge is -2.19. The predicted octanol–water partition coefficient (Wildman–Crippen LogP) is 4.79. The van der Waals surface area contributed by atoms with Crippen molar-refractivity contribution in [2.75, 3.05) is 18.4 Å². The fourth-order valence-corrected chi connectivity index (χ4v) is 3.54. The first-order valence-corrected chi connectivity index (χ1v) is 10.2. The topological polar surface area (TPSA) is 71.8 Å². The van der Waals surface area contributed by atoms with Gasteiger partial charge in [-0.1, -0.05) is 12.1 Å². The number of furan rings is 1. The Hall–Kier alpha value is -3.61. The van der Waals surface area contributed by atoms with Gasteiger partial charge in [-0.3, -0.25) is 9.59 Å². The smallest absolute Gasteiger partial charge is 0.291 e. The number of rotatable bonds is 6. The molecule has 1 aromatic heterocycles. The van der Waals surface area contributed by atoms with Crippen molar-refractivity contribution in [2.24, 2.45) is 0 Å². The number of nitrogens with zero attached hydrogens (tertiary/aromatic N) is 1. The van der Waals surface area contributed by atoms with Crippen molar-refractivity contribution in [3.63, 3.8) is 0 Å². The Morgan fingerprint density at radius 2 is 1.81 bits per heavy atom. The Balaban J connectivity index is 1.45. The molecule has 4 rings (SSSR count). The third-order valence-electron chi connectivity index (χ3n) is 5.22. The number of anilines is 1. The summed E-state index contributed by atoms with van der Waals surface area (Å²) in [5, 5.41) is 2.83. The van der Waals surface area contributed by atoms with Gasteiger partial charge in [0.05, 0.1) is 11.3 Å². The number of carbonyl (C=O) groups is 2. The lowest BCUT2D eigenvalue weighted by molar-refractivity contribution is 0.0793. The fraction of sp³-hybridized carbons (Fsp3) is 0.250. The van der Waals surface area contributed by atoms with E-state index in [2.05, 4.69) is 5.32 Å². The minimum Gasteiger partial charge on any atom is -0.486 e. The third-order valence-corrected chi connectivity index (χ3v) is 5.22. The van der Waals surface area contributed by atoms with Crippen molar-refractivity contribution in [3.8, 4) is 5.75 Å². The van der Waals surface area contributed by atoms with E-state index in [1.807, 2.05) is 24.0 Å². The van der Waals surface area contributed by atoms with Crippen LogP contribution in [0.3, 0.4) is 0 Å². The number of amides is 2. The SMILES string of the molecule is Cc1cccc(C(=O)N2CCCC2)c1NC(=O)c1ccc(COc2ccc(F)cc2)o1. The molecule has 0 radical (unpaired) electrons. The molecule has 1 aliphatic heterocycles. The second-order valence-electron chi connectivity index (χ2n) is 7.46. The maximum absolute atomic E-state index is 13.0. The van der Waals surface area contributed by atoms with Crippen LogP contribution in [0.15, 0.2) is 59.0 Å². The fourth-order valence-electron chi connectivity index (χ4n) is 3.54. The molecule has 160 valence electrons. The Morgan fingerprint density at radius 1 is 1.06 bits per heavy atom. The molecule has 1 N–H and O–H groups in total. The zero-order chi connectivity index (χ0) is 21.8. The van der Waals surface area contributed by atoms with Gasteiger partial charge in [-0.15, -0.1) is 0 Å². The third kappa shape index (κ3) is 4.77. The van der Waals surface area contributed by atoms with Gasteiger partial charge >= 0.3 is 0 Å². The molecule has 0 saturated carbocycles. The quantitative estimate of drug-likeness (QED) is 0.620. The summed E-state index contributed by atoms with van der Waals surface area (Å²) in [7, 11) is 0. The zero-order valence-corrected chi connectivity index (χ0v) is 17.2. The van der Waals surface area contributed by atoms with Crippen molar-refractivity contribution in [2.45, 2.75) is 26.4 Å². The van der Waals surface area contributed by atoms with E-state index in [0.717, 1.165) is 31.5 Å². The Kier molecular flexibility index (Phi) is 6.02. The van der Waals surface area contributed by atoms with E-state index in [9.17, 15) is 14.0 Å². The van der Waals surface area contributed by atoms with E-state index in [-0.39, 0.29) is 24.1 Å². The van der Waals surface area contributed by atoms with E-state index in [1.54, 1.807) is 18.2 Å². The van der Waals surface area contributed by atoms with Crippen LogP contribution >= 0.6 is 0 Å². The van der Waals surface area contributed by atoms with Crippen LogP contribution in [-0.4, -0.2) is 29.8 Å². The molecule has 0 bridgehead atoms. The molecule has 1 saturated heterocycles.